The van der Waals surface area contributed by atoms with Gasteiger partial charge in [-0.15, -0.1) is 0 Å². The number of carbonyl (C=O) groups excluding carboxylic acids is 1. The second kappa shape index (κ2) is 4.57. The molecule has 0 spiro atoms. The maximum Gasteiger partial charge on any atom is 0.307 e. The van der Waals surface area contributed by atoms with Gasteiger partial charge in [-0.2, -0.15) is 5.26 Å². The summed E-state index contributed by atoms with van der Waals surface area (Å²) in [6, 6.07) is 1.76. The number of esters is 1. The van der Waals surface area contributed by atoms with Crippen molar-refractivity contribution in [2.24, 2.45) is 0 Å². The summed E-state index contributed by atoms with van der Waals surface area (Å²) in [5, 5.41) is 8.27. The van der Waals surface area contributed by atoms with Crippen molar-refractivity contribution in [3.63, 3.8) is 0 Å². The molecule has 0 aliphatic carbocycles. The highest BCUT2D eigenvalue weighted by Crippen LogP contribution is 1.93. The Morgan fingerprint density at radius 1 is 2.00 bits per heavy atom. The van der Waals surface area contributed by atoms with Gasteiger partial charge in [-0.1, -0.05) is 13.5 Å². The van der Waals surface area contributed by atoms with E-state index in [1.54, 1.807) is 13.0 Å². The first-order valence-electron chi connectivity index (χ1n) is 2.96. The van der Waals surface area contributed by atoms with Gasteiger partial charge in [-0.25, -0.2) is 0 Å². The van der Waals surface area contributed by atoms with Crippen LogP contribution in [0.3, 0.4) is 0 Å². The highest BCUT2D eigenvalue weighted by molar-refractivity contribution is 5.69. The Morgan fingerprint density at radius 3 is 2.90 bits per heavy atom. The molecular formula is C7H9NO2. The molecule has 0 fully saturated rings. The van der Waals surface area contributed by atoms with E-state index in [2.05, 4.69) is 11.3 Å². The lowest BCUT2D eigenvalue weighted by Gasteiger charge is -2.03. The van der Waals surface area contributed by atoms with Gasteiger partial charge in [-0.3, -0.25) is 4.79 Å². The second-order valence-corrected chi connectivity index (χ2v) is 1.63. The zero-order chi connectivity index (χ0) is 7.98. The molecule has 3 heteroatoms. The minimum Gasteiger partial charge on any atom is -0.443 e. The molecule has 0 bridgehead atoms. The van der Waals surface area contributed by atoms with Gasteiger partial charge in [0.1, 0.15) is 6.07 Å². The van der Waals surface area contributed by atoms with Crippen molar-refractivity contribution >= 4 is 5.97 Å². The summed E-state index contributed by atoms with van der Waals surface area (Å²) < 4.78 is 4.58. The normalized spacial score (nSPS) is 11.2. The van der Waals surface area contributed by atoms with Gasteiger partial charge in [0, 0.05) is 6.42 Å². The predicted octanol–water partition coefficient (Wildman–Crippen LogP) is 1.02. The van der Waals surface area contributed by atoms with Crippen LogP contribution in [0.15, 0.2) is 12.7 Å². The van der Waals surface area contributed by atoms with Gasteiger partial charge < -0.3 is 4.74 Å². The summed E-state index contributed by atoms with van der Waals surface area (Å²) in [6.45, 7) is 4.99. The van der Waals surface area contributed by atoms with Crippen LogP contribution in [0.2, 0.25) is 0 Å². The molecular weight excluding hydrogens is 130 g/mol. The maximum absolute atomic E-state index is 10.5. The molecule has 0 amide bonds. The van der Waals surface area contributed by atoms with Crippen LogP contribution in [0.25, 0.3) is 0 Å². The maximum atomic E-state index is 10.5. The Balaban J connectivity index is 3.77. The topological polar surface area (TPSA) is 50.1 Å². The third-order valence-electron chi connectivity index (χ3n) is 0.888. The lowest BCUT2D eigenvalue weighted by molar-refractivity contribution is -0.144. The molecule has 54 valence electrons. The molecule has 0 aliphatic rings. The van der Waals surface area contributed by atoms with Gasteiger partial charge in [-0.05, 0) is 6.08 Å². The summed E-state index contributed by atoms with van der Waals surface area (Å²) in [4.78, 5) is 10.5. The Hall–Kier alpha value is -1.30. The monoisotopic (exact) mass is 139 g/mol. The molecule has 1 unspecified atom stereocenters. The molecule has 3 nitrogen and oxygen atoms in total. The van der Waals surface area contributed by atoms with Crippen molar-refractivity contribution in [3.8, 4) is 6.07 Å². The van der Waals surface area contributed by atoms with Crippen LogP contribution in [0.5, 0.6) is 0 Å². The first-order chi connectivity index (χ1) is 4.74. The number of nitriles is 1. The van der Waals surface area contributed by atoms with Crippen molar-refractivity contribution in [2.45, 2.75) is 19.4 Å². The molecule has 0 heterocycles. The van der Waals surface area contributed by atoms with E-state index in [0.29, 0.717) is 0 Å². The van der Waals surface area contributed by atoms with E-state index in [9.17, 15) is 4.79 Å². The Morgan fingerprint density at radius 2 is 2.60 bits per heavy atom. The molecule has 1 atom stereocenters. The lowest BCUT2D eigenvalue weighted by Crippen LogP contribution is -2.12. The average molecular weight is 139 g/mol. The molecule has 0 aromatic rings. The van der Waals surface area contributed by atoms with Crippen molar-refractivity contribution in [1.82, 2.24) is 0 Å². The number of nitrogens with zero attached hydrogens (tertiary/aromatic N) is 1. The third kappa shape index (κ3) is 2.88. The van der Waals surface area contributed by atoms with E-state index >= 15 is 0 Å². The van der Waals surface area contributed by atoms with Crippen LogP contribution in [0, 0.1) is 11.3 Å². The molecule has 0 aliphatic heterocycles. The summed E-state index contributed by atoms with van der Waals surface area (Å²) in [5.74, 6) is -0.383. The minimum absolute atomic E-state index is 0.284. The predicted molar refractivity (Wildman–Crippen MR) is 36.0 cm³/mol. The van der Waals surface area contributed by atoms with Crippen LogP contribution in [-0.2, 0) is 9.53 Å². The molecule has 0 rings (SSSR count). The molecule has 10 heavy (non-hydrogen) atoms. The number of hydrogen-bond acceptors (Lipinski definition) is 3. The number of carbonyl (C=O) groups is 1. The van der Waals surface area contributed by atoms with Gasteiger partial charge in [0.15, 0.2) is 0 Å². The molecule has 0 saturated carbocycles. The van der Waals surface area contributed by atoms with Crippen LogP contribution in [0.4, 0.5) is 0 Å². The fraction of sp³-hybridized carbons (Fsp3) is 0.429. The first-order valence-corrected chi connectivity index (χ1v) is 2.96. The second-order valence-electron chi connectivity index (χ2n) is 1.63. The summed E-state index contributed by atoms with van der Waals surface area (Å²) in [6.07, 6.45) is 0.770. The quantitative estimate of drug-likeness (QED) is 0.433. The highest BCUT2D eigenvalue weighted by Gasteiger charge is 2.05. The number of rotatable bonds is 3. The Bertz CT molecular complexity index is 169. The van der Waals surface area contributed by atoms with Crippen molar-refractivity contribution in [3.05, 3.63) is 12.7 Å². The van der Waals surface area contributed by atoms with Crippen molar-refractivity contribution in [2.75, 3.05) is 0 Å². The Labute approximate surface area is 59.9 Å². The van der Waals surface area contributed by atoms with Crippen LogP contribution >= 0.6 is 0 Å². The van der Waals surface area contributed by atoms with Crippen LogP contribution in [0.1, 0.15) is 13.3 Å². The standard InChI is InChI=1S/C7H9NO2/c1-3-6(5-8)10-7(9)4-2/h3,6H,1,4H2,2H3. The van der Waals surface area contributed by atoms with E-state index in [0.717, 1.165) is 0 Å². The smallest absolute Gasteiger partial charge is 0.307 e. The summed E-state index contributed by atoms with van der Waals surface area (Å²) >= 11 is 0. The van der Waals surface area contributed by atoms with Crippen molar-refractivity contribution in [1.29, 1.82) is 5.26 Å². The zero-order valence-electron chi connectivity index (χ0n) is 5.83. The fourth-order valence-electron chi connectivity index (χ4n) is 0.352. The number of hydrogen-bond donors (Lipinski definition) is 0. The van der Waals surface area contributed by atoms with Gasteiger partial charge in [0.05, 0.1) is 0 Å². The van der Waals surface area contributed by atoms with Gasteiger partial charge in [0.2, 0.25) is 6.10 Å². The van der Waals surface area contributed by atoms with E-state index in [-0.39, 0.29) is 12.4 Å². The average Bonchev–Trinajstić information content (AvgIpc) is 1.99. The molecule has 0 aromatic heterocycles. The molecule has 0 aromatic carbocycles. The Kier molecular flexibility index (Phi) is 3.97. The fourth-order valence-corrected chi connectivity index (χ4v) is 0.352. The minimum atomic E-state index is -0.799. The largest absolute Gasteiger partial charge is 0.443 e. The zero-order valence-corrected chi connectivity index (χ0v) is 5.83. The van der Waals surface area contributed by atoms with Crippen molar-refractivity contribution < 1.29 is 9.53 Å². The van der Waals surface area contributed by atoms with E-state index < -0.39 is 6.10 Å². The SMILES string of the molecule is C=CC(C#N)OC(=O)CC. The number of ether oxygens (including phenoxy) is 1. The van der Waals surface area contributed by atoms with E-state index in [1.165, 1.54) is 6.08 Å². The van der Waals surface area contributed by atoms with E-state index in [4.69, 9.17) is 5.26 Å². The molecule has 0 saturated heterocycles. The summed E-state index contributed by atoms with van der Waals surface area (Å²) in [5.41, 5.74) is 0. The van der Waals surface area contributed by atoms with Gasteiger partial charge >= 0.3 is 5.97 Å². The molecule has 0 N–H and O–H groups in total. The van der Waals surface area contributed by atoms with Crippen LogP contribution < -0.4 is 0 Å². The third-order valence-corrected chi connectivity index (χ3v) is 0.888. The first kappa shape index (κ1) is 8.70. The highest BCUT2D eigenvalue weighted by atomic mass is 16.5. The van der Waals surface area contributed by atoms with E-state index in [1.807, 2.05) is 0 Å². The lowest BCUT2D eigenvalue weighted by atomic mass is 10.4. The van der Waals surface area contributed by atoms with Gasteiger partial charge in [0.25, 0.3) is 0 Å². The van der Waals surface area contributed by atoms with Crippen LogP contribution in [-0.4, -0.2) is 12.1 Å². The summed E-state index contributed by atoms with van der Waals surface area (Å²) in [7, 11) is 0. The molecule has 0 radical (unpaired) electrons.